The van der Waals surface area contributed by atoms with Crippen LogP contribution in [0.2, 0.25) is 0 Å². The normalized spacial score (nSPS) is 18.0. The monoisotopic (exact) mass is 270 g/mol. The van der Waals surface area contributed by atoms with Crippen molar-refractivity contribution >= 4 is 21.5 Å². The molecular formula is C11H18N4O2S. The van der Waals surface area contributed by atoms with E-state index in [9.17, 15) is 8.42 Å². The van der Waals surface area contributed by atoms with Crippen LogP contribution in [0, 0.1) is 6.92 Å². The van der Waals surface area contributed by atoms with Crippen molar-refractivity contribution in [1.82, 2.24) is 9.29 Å². The summed E-state index contributed by atoms with van der Waals surface area (Å²) in [5.74, 6) is 0.856. The van der Waals surface area contributed by atoms with Crippen LogP contribution >= 0.6 is 0 Å². The van der Waals surface area contributed by atoms with E-state index in [2.05, 4.69) is 9.88 Å². The smallest absolute Gasteiger partial charge is 0.211 e. The van der Waals surface area contributed by atoms with Gasteiger partial charge in [-0.3, -0.25) is 0 Å². The van der Waals surface area contributed by atoms with Crippen LogP contribution in [0.25, 0.3) is 0 Å². The summed E-state index contributed by atoms with van der Waals surface area (Å²) in [7, 11) is -3.08. The van der Waals surface area contributed by atoms with Crippen LogP contribution in [0.4, 0.5) is 11.5 Å². The number of nitrogens with zero attached hydrogens (tertiary/aromatic N) is 3. The third-order valence-corrected chi connectivity index (χ3v) is 4.45. The maximum atomic E-state index is 11.4. The number of hydrogen-bond donors (Lipinski definition) is 1. The fourth-order valence-corrected chi connectivity index (χ4v) is 2.81. The maximum absolute atomic E-state index is 11.4. The molecule has 2 heterocycles. The van der Waals surface area contributed by atoms with E-state index >= 15 is 0 Å². The zero-order chi connectivity index (χ0) is 13.3. The van der Waals surface area contributed by atoms with E-state index in [1.54, 1.807) is 0 Å². The van der Waals surface area contributed by atoms with Crippen LogP contribution in [0.1, 0.15) is 5.69 Å². The Bertz CT molecular complexity index is 536. The summed E-state index contributed by atoms with van der Waals surface area (Å²) in [5.41, 5.74) is 7.21. The zero-order valence-corrected chi connectivity index (χ0v) is 11.4. The summed E-state index contributed by atoms with van der Waals surface area (Å²) < 4.78 is 24.3. The lowest BCUT2D eigenvalue weighted by Crippen LogP contribution is -2.48. The van der Waals surface area contributed by atoms with Gasteiger partial charge in [0.25, 0.3) is 0 Å². The van der Waals surface area contributed by atoms with Crippen molar-refractivity contribution < 1.29 is 8.42 Å². The first kappa shape index (κ1) is 13.1. The van der Waals surface area contributed by atoms with Gasteiger partial charge in [0.1, 0.15) is 5.82 Å². The molecule has 0 atom stereocenters. The van der Waals surface area contributed by atoms with E-state index in [-0.39, 0.29) is 0 Å². The molecule has 2 N–H and O–H groups in total. The molecule has 0 amide bonds. The third-order valence-electron chi connectivity index (χ3n) is 3.14. The predicted molar refractivity (Wildman–Crippen MR) is 72.0 cm³/mol. The number of sulfonamides is 1. The number of nitrogen functional groups attached to an aromatic ring is 1. The average molecular weight is 270 g/mol. The second-order valence-corrected chi connectivity index (χ2v) is 6.48. The number of nitrogens with two attached hydrogens (primary N) is 1. The van der Waals surface area contributed by atoms with Crippen LogP contribution in [-0.2, 0) is 10.0 Å². The summed E-state index contributed by atoms with van der Waals surface area (Å²) in [6.07, 6.45) is 1.24. The molecule has 2 rings (SSSR count). The topological polar surface area (TPSA) is 79.5 Å². The van der Waals surface area contributed by atoms with Crippen LogP contribution in [0.15, 0.2) is 12.1 Å². The molecule has 1 saturated heterocycles. The van der Waals surface area contributed by atoms with Gasteiger partial charge >= 0.3 is 0 Å². The first-order chi connectivity index (χ1) is 8.38. The third kappa shape index (κ3) is 2.73. The summed E-state index contributed by atoms with van der Waals surface area (Å²) in [6, 6.07) is 3.71. The van der Waals surface area contributed by atoms with E-state index < -0.39 is 10.0 Å². The van der Waals surface area contributed by atoms with E-state index in [1.165, 1.54) is 10.6 Å². The quantitative estimate of drug-likeness (QED) is 0.821. The fraction of sp³-hybridized carbons (Fsp3) is 0.545. The van der Waals surface area contributed by atoms with E-state index in [0.717, 1.165) is 11.5 Å². The molecule has 7 heteroatoms. The van der Waals surface area contributed by atoms with Crippen molar-refractivity contribution in [1.29, 1.82) is 0 Å². The van der Waals surface area contributed by atoms with Crippen LogP contribution in [-0.4, -0.2) is 50.1 Å². The molecule has 100 valence electrons. The van der Waals surface area contributed by atoms with Crippen molar-refractivity contribution in [2.75, 3.05) is 43.1 Å². The van der Waals surface area contributed by atoms with Crippen molar-refractivity contribution in [2.45, 2.75) is 6.92 Å². The van der Waals surface area contributed by atoms with Gasteiger partial charge in [0.15, 0.2) is 0 Å². The molecule has 1 aliphatic rings. The standard InChI is InChI=1S/C11H18N4O2S/c1-9-10(12)3-4-11(13-9)14-5-7-15(8-6-14)18(2,16)17/h3-4H,5-8,12H2,1-2H3. The molecule has 1 fully saturated rings. The molecule has 0 radical (unpaired) electrons. The number of rotatable bonds is 2. The van der Waals surface area contributed by atoms with Gasteiger partial charge in [0.05, 0.1) is 17.6 Å². The van der Waals surface area contributed by atoms with Crippen molar-refractivity contribution in [3.8, 4) is 0 Å². The van der Waals surface area contributed by atoms with E-state index in [0.29, 0.717) is 31.9 Å². The van der Waals surface area contributed by atoms with Gasteiger partial charge in [0, 0.05) is 26.2 Å². The summed E-state index contributed by atoms with van der Waals surface area (Å²) in [4.78, 5) is 6.49. The second-order valence-electron chi connectivity index (χ2n) is 4.49. The first-order valence-electron chi connectivity index (χ1n) is 5.81. The fourth-order valence-electron chi connectivity index (χ4n) is 1.98. The molecule has 1 aromatic rings. The van der Waals surface area contributed by atoms with Crippen LogP contribution in [0.3, 0.4) is 0 Å². The Morgan fingerprint density at radius 1 is 1.22 bits per heavy atom. The molecule has 0 spiro atoms. The first-order valence-corrected chi connectivity index (χ1v) is 7.66. The molecule has 18 heavy (non-hydrogen) atoms. The minimum Gasteiger partial charge on any atom is -0.397 e. The lowest BCUT2D eigenvalue weighted by Gasteiger charge is -2.34. The Balaban J connectivity index is 2.08. The van der Waals surface area contributed by atoms with Gasteiger partial charge in [-0.25, -0.2) is 13.4 Å². The molecule has 0 aliphatic carbocycles. The minimum absolute atomic E-state index is 0.504. The highest BCUT2D eigenvalue weighted by Crippen LogP contribution is 2.18. The van der Waals surface area contributed by atoms with Gasteiger partial charge < -0.3 is 10.6 Å². The molecule has 0 saturated carbocycles. The summed E-state index contributed by atoms with van der Waals surface area (Å²) in [5, 5.41) is 0. The van der Waals surface area contributed by atoms with Crippen molar-refractivity contribution in [3.05, 3.63) is 17.8 Å². The number of aryl methyl sites for hydroxylation is 1. The number of hydrogen-bond acceptors (Lipinski definition) is 5. The van der Waals surface area contributed by atoms with Gasteiger partial charge in [-0.2, -0.15) is 4.31 Å². The van der Waals surface area contributed by atoms with E-state index in [1.807, 2.05) is 19.1 Å². The molecule has 0 aromatic carbocycles. The number of anilines is 2. The molecule has 6 nitrogen and oxygen atoms in total. The Kier molecular flexibility index (Phi) is 3.45. The lowest BCUT2D eigenvalue weighted by molar-refractivity contribution is 0.387. The molecule has 1 aliphatic heterocycles. The Morgan fingerprint density at radius 2 is 1.83 bits per heavy atom. The summed E-state index contributed by atoms with van der Waals surface area (Å²) >= 11 is 0. The predicted octanol–water partition coefficient (Wildman–Crippen LogP) is 0.0538. The maximum Gasteiger partial charge on any atom is 0.211 e. The molecule has 0 unspecified atom stereocenters. The number of aromatic nitrogens is 1. The van der Waals surface area contributed by atoms with Crippen LogP contribution in [0.5, 0.6) is 0 Å². The van der Waals surface area contributed by atoms with Gasteiger partial charge in [-0.15, -0.1) is 0 Å². The average Bonchev–Trinajstić information content (AvgIpc) is 2.32. The van der Waals surface area contributed by atoms with Gasteiger partial charge in [0.2, 0.25) is 10.0 Å². The Hall–Kier alpha value is -1.34. The van der Waals surface area contributed by atoms with Gasteiger partial charge in [-0.05, 0) is 19.1 Å². The Morgan fingerprint density at radius 3 is 2.33 bits per heavy atom. The largest absolute Gasteiger partial charge is 0.397 e. The number of piperazine rings is 1. The van der Waals surface area contributed by atoms with Gasteiger partial charge in [-0.1, -0.05) is 0 Å². The Labute approximate surface area is 107 Å². The molecular weight excluding hydrogens is 252 g/mol. The second kappa shape index (κ2) is 4.74. The lowest BCUT2D eigenvalue weighted by atomic mass is 10.3. The van der Waals surface area contributed by atoms with Crippen molar-refractivity contribution in [3.63, 3.8) is 0 Å². The zero-order valence-electron chi connectivity index (χ0n) is 10.6. The van der Waals surface area contributed by atoms with E-state index in [4.69, 9.17) is 5.73 Å². The highest BCUT2D eigenvalue weighted by atomic mass is 32.2. The minimum atomic E-state index is -3.08. The number of pyridine rings is 1. The molecule has 1 aromatic heterocycles. The van der Waals surface area contributed by atoms with Crippen LogP contribution < -0.4 is 10.6 Å². The summed E-state index contributed by atoms with van der Waals surface area (Å²) in [6.45, 7) is 4.19. The molecule has 0 bridgehead atoms. The highest BCUT2D eigenvalue weighted by Gasteiger charge is 2.23. The van der Waals surface area contributed by atoms with Crippen molar-refractivity contribution in [2.24, 2.45) is 0 Å². The highest BCUT2D eigenvalue weighted by molar-refractivity contribution is 7.88. The SMILES string of the molecule is Cc1nc(N2CCN(S(C)(=O)=O)CC2)ccc1N.